The first kappa shape index (κ1) is 10.9. The lowest BCUT2D eigenvalue weighted by molar-refractivity contribution is -0.122. The lowest BCUT2D eigenvalue weighted by Gasteiger charge is -2.31. The number of amides is 1. The van der Waals surface area contributed by atoms with Gasteiger partial charge in [0.2, 0.25) is 5.91 Å². The predicted octanol–water partition coefficient (Wildman–Crippen LogP) is -0.174. The molecule has 2 N–H and O–H groups in total. The fraction of sp³-hybridized carbons (Fsp3) is 0.455. The predicted molar refractivity (Wildman–Crippen MR) is 64.9 cm³/mol. The molecule has 3 heterocycles. The molecule has 1 aliphatic heterocycles. The van der Waals surface area contributed by atoms with Crippen molar-refractivity contribution in [3.63, 3.8) is 0 Å². The van der Waals surface area contributed by atoms with Crippen LogP contribution in [-0.2, 0) is 4.79 Å². The van der Waals surface area contributed by atoms with Crippen LogP contribution in [0.3, 0.4) is 0 Å². The van der Waals surface area contributed by atoms with Crippen molar-refractivity contribution < 1.29 is 4.79 Å². The van der Waals surface area contributed by atoms with Crippen LogP contribution >= 0.6 is 0 Å². The van der Waals surface area contributed by atoms with Gasteiger partial charge < -0.3 is 10.6 Å². The maximum atomic E-state index is 11.1. The highest BCUT2D eigenvalue weighted by atomic mass is 16.1. The molecule has 2 aromatic heterocycles. The van der Waals surface area contributed by atoms with Gasteiger partial charge in [-0.1, -0.05) is 0 Å². The summed E-state index contributed by atoms with van der Waals surface area (Å²) in [6.45, 7) is 1.60. The number of rotatable bonds is 2. The second-order valence-corrected chi connectivity index (χ2v) is 4.49. The van der Waals surface area contributed by atoms with Crippen LogP contribution in [0.15, 0.2) is 18.5 Å². The van der Waals surface area contributed by atoms with Gasteiger partial charge in [-0.15, -0.1) is 15.3 Å². The summed E-state index contributed by atoms with van der Waals surface area (Å²) < 4.78 is 1.65. The molecule has 1 aliphatic rings. The molecule has 0 aromatic carbocycles. The Morgan fingerprint density at radius 1 is 1.33 bits per heavy atom. The van der Waals surface area contributed by atoms with Crippen molar-refractivity contribution in [2.24, 2.45) is 11.7 Å². The van der Waals surface area contributed by atoms with Crippen LogP contribution in [0.1, 0.15) is 12.8 Å². The summed E-state index contributed by atoms with van der Waals surface area (Å²) in [6, 6.07) is 3.81. The normalized spacial score (nSPS) is 17.2. The Kier molecular flexibility index (Phi) is 2.58. The minimum absolute atomic E-state index is 0.0000993. The average Bonchev–Trinajstić information content (AvgIpc) is 2.86. The number of carbonyl (C=O) groups is 1. The van der Waals surface area contributed by atoms with Crippen LogP contribution in [0.25, 0.3) is 5.65 Å². The Hall–Kier alpha value is -2.18. The molecule has 1 amide bonds. The summed E-state index contributed by atoms with van der Waals surface area (Å²) in [7, 11) is 0. The van der Waals surface area contributed by atoms with Crippen LogP contribution in [0.5, 0.6) is 0 Å². The van der Waals surface area contributed by atoms with Crippen molar-refractivity contribution >= 4 is 17.4 Å². The van der Waals surface area contributed by atoms with Gasteiger partial charge in [-0.05, 0) is 25.0 Å². The van der Waals surface area contributed by atoms with Gasteiger partial charge in [-0.3, -0.25) is 4.79 Å². The highest BCUT2D eigenvalue weighted by Gasteiger charge is 2.23. The van der Waals surface area contributed by atoms with E-state index in [1.807, 2.05) is 12.1 Å². The van der Waals surface area contributed by atoms with Gasteiger partial charge in [0.15, 0.2) is 5.65 Å². The van der Waals surface area contributed by atoms with Crippen LogP contribution < -0.4 is 10.6 Å². The van der Waals surface area contributed by atoms with Gasteiger partial charge in [0.25, 0.3) is 0 Å². The number of anilines is 1. The van der Waals surface area contributed by atoms with Crippen LogP contribution in [0, 0.1) is 5.92 Å². The standard InChI is InChI=1S/C11H14N6O/c12-11(18)8-3-5-16(6-4-8)10-2-1-9-14-13-7-17(9)15-10/h1-2,7-8H,3-6H2,(H2,12,18). The first-order chi connectivity index (χ1) is 8.74. The van der Waals surface area contributed by atoms with E-state index >= 15 is 0 Å². The molecular formula is C11H14N6O. The van der Waals surface area contributed by atoms with E-state index in [1.165, 1.54) is 0 Å². The maximum Gasteiger partial charge on any atom is 0.220 e. The molecule has 18 heavy (non-hydrogen) atoms. The lowest BCUT2D eigenvalue weighted by Crippen LogP contribution is -2.39. The largest absolute Gasteiger partial charge is 0.369 e. The average molecular weight is 246 g/mol. The Balaban J connectivity index is 1.77. The molecule has 0 spiro atoms. The lowest BCUT2D eigenvalue weighted by atomic mass is 9.96. The second kappa shape index (κ2) is 4.25. The summed E-state index contributed by atoms with van der Waals surface area (Å²) in [5.74, 6) is 0.682. The van der Waals surface area contributed by atoms with Crippen molar-refractivity contribution in [3.05, 3.63) is 18.5 Å². The third-order valence-electron chi connectivity index (χ3n) is 3.37. The zero-order chi connectivity index (χ0) is 12.5. The van der Waals surface area contributed by atoms with Crippen LogP contribution in [0.2, 0.25) is 0 Å². The number of carbonyl (C=O) groups excluding carboxylic acids is 1. The summed E-state index contributed by atoms with van der Waals surface area (Å²) in [5, 5.41) is 12.1. The minimum atomic E-state index is -0.197. The van der Waals surface area contributed by atoms with Crippen molar-refractivity contribution in [2.75, 3.05) is 18.0 Å². The van der Waals surface area contributed by atoms with Crippen molar-refractivity contribution in [1.82, 2.24) is 19.8 Å². The smallest absolute Gasteiger partial charge is 0.220 e. The SMILES string of the molecule is NC(=O)C1CCN(c2ccc3nncn3n2)CC1. The van der Waals surface area contributed by atoms with E-state index in [2.05, 4.69) is 20.2 Å². The molecule has 7 nitrogen and oxygen atoms in total. The van der Waals surface area contributed by atoms with E-state index in [4.69, 9.17) is 5.73 Å². The zero-order valence-corrected chi connectivity index (χ0v) is 9.86. The second-order valence-electron chi connectivity index (χ2n) is 4.49. The number of nitrogens with zero attached hydrogens (tertiary/aromatic N) is 5. The first-order valence-electron chi connectivity index (χ1n) is 5.95. The molecule has 3 rings (SSSR count). The summed E-state index contributed by atoms with van der Waals surface area (Å²) in [6.07, 6.45) is 3.16. The molecular weight excluding hydrogens is 232 g/mol. The number of fused-ring (bicyclic) bond motifs is 1. The van der Waals surface area contributed by atoms with Gasteiger partial charge in [-0.2, -0.15) is 4.52 Å². The molecule has 2 aromatic rings. The zero-order valence-electron chi connectivity index (χ0n) is 9.86. The van der Waals surface area contributed by atoms with E-state index in [9.17, 15) is 4.79 Å². The number of aromatic nitrogens is 4. The third kappa shape index (κ3) is 1.87. The highest BCUT2D eigenvalue weighted by Crippen LogP contribution is 2.21. The van der Waals surface area contributed by atoms with E-state index in [0.717, 1.165) is 37.4 Å². The quantitative estimate of drug-likeness (QED) is 0.794. The third-order valence-corrected chi connectivity index (χ3v) is 3.37. The van der Waals surface area contributed by atoms with Crippen molar-refractivity contribution in [2.45, 2.75) is 12.8 Å². The highest BCUT2D eigenvalue weighted by molar-refractivity contribution is 5.76. The number of primary amides is 1. The molecule has 1 fully saturated rings. The fourth-order valence-electron chi connectivity index (χ4n) is 2.28. The van der Waals surface area contributed by atoms with Crippen molar-refractivity contribution in [1.29, 1.82) is 0 Å². The van der Waals surface area contributed by atoms with E-state index in [0.29, 0.717) is 0 Å². The number of hydrogen-bond donors (Lipinski definition) is 1. The van der Waals surface area contributed by atoms with Gasteiger partial charge in [0, 0.05) is 19.0 Å². The molecule has 94 valence electrons. The molecule has 1 saturated heterocycles. The number of hydrogen-bond acceptors (Lipinski definition) is 5. The molecule has 0 bridgehead atoms. The molecule has 0 radical (unpaired) electrons. The van der Waals surface area contributed by atoms with Crippen LogP contribution in [0.4, 0.5) is 5.82 Å². The van der Waals surface area contributed by atoms with Gasteiger partial charge in [0.1, 0.15) is 12.1 Å². The first-order valence-corrected chi connectivity index (χ1v) is 5.95. The Morgan fingerprint density at radius 2 is 2.11 bits per heavy atom. The van der Waals surface area contributed by atoms with Crippen molar-refractivity contribution in [3.8, 4) is 0 Å². The van der Waals surface area contributed by atoms with Gasteiger partial charge >= 0.3 is 0 Å². The molecule has 0 atom stereocenters. The summed E-state index contributed by atoms with van der Waals surface area (Å²) >= 11 is 0. The minimum Gasteiger partial charge on any atom is -0.369 e. The number of piperidine rings is 1. The molecule has 0 unspecified atom stereocenters. The van der Waals surface area contributed by atoms with E-state index in [1.54, 1.807) is 10.8 Å². The Bertz CT molecular complexity index is 572. The maximum absolute atomic E-state index is 11.1. The van der Waals surface area contributed by atoms with E-state index < -0.39 is 0 Å². The molecule has 0 aliphatic carbocycles. The molecule has 0 saturated carbocycles. The monoisotopic (exact) mass is 246 g/mol. The topological polar surface area (TPSA) is 89.4 Å². The molecule has 7 heteroatoms. The summed E-state index contributed by atoms with van der Waals surface area (Å²) in [4.78, 5) is 13.3. The fourth-order valence-corrected chi connectivity index (χ4v) is 2.28. The number of nitrogens with two attached hydrogens (primary N) is 1. The van der Waals surface area contributed by atoms with E-state index in [-0.39, 0.29) is 11.8 Å². The Labute approximate surface area is 104 Å². The van der Waals surface area contributed by atoms with Gasteiger partial charge in [0.05, 0.1) is 0 Å². The Morgan fingerprint density at radius 3 is 2.83 bits per heavy atom. The summed E-state index contributed by atoms with van der Waals surface area (Å²) in [5.41, 5.74) is 6.05. The van der Waals surface area contributed by atoms with Crippen LogP contribution in [-0.4, -0.2) is 38.8 Å². The van der Waals surface area contributed by atoms with Gasteiger partial charge in [-0.25, -0.2) is 0 Å².